The highest BCUT2D eigenvalue weighted by atomic mass is 19.4. The van der Waals surface area contributed by atoms with E-state index in [1.165, 1.54) is 44.0 Å². The number of H-pyrrole nitrogens is 1. The van der Waals surface area contributed by atoms with E-state index < -0.39 is 11.9 Å². The molecule has 0 amide bonds. The lowest BCUT2D eigenvalue weighted by Crippen LogP contribution is -2.12. The summed E-state index contributed by atoms with van der Waals surface area (Å²) in [6.07, 6.45) is -4.60. The van der Waals surface area contributed by atoms with E-state index in [0.717, 1.165) is 5.56 Å². The molecule has 0 aliphatic carbocycles. The lowest BCUT2D eigenvalue weighted by atomic mass is 10.2. The van der Waals surface area contributed by atoms with E-state index in [9.17, 15) is 18.0 Å². The zero-order valence-corrected chi connectivity index (χ0v) is 19.4. The average Bonchev–Trinajstić information content (AvgIpc) is 3.09. The van der Waals surface area contributed by atoms with Crippen molar-refractivity contribution in [2.75, 3.05) is 24.9 Å². The molecule has 3 N–H and O–H groups in total. The summed E-state index contributed by atoms with van der Waals surface area (Å²) in [6.45, 7) is 1.73. The second-order valence-corrected chi connectivity index (χ2v) is 7.83. The third-order valence-corrected chi connectivity index (χ3v) is 5.28. The van der Waals surface area contributed by atoms with Crippen molar-refractivity contribution in [3.63, 3.8) is 0 Å². The van der Waals surface area contributed by atoms with Gasteiger partial charge in [-0.3, -0.25) is 14.6 Å². The van der Waals surface area contributed by atoms with Gasteiger partial charge >= 0.3 is 6.18 Å². The minimum absolute atomic E-state index is 0.00483. The Labute approximate surface area is 197 Å². The number of pyridine rings is 2. The summed E-state index contributed by atoms with van der Waals surface area (Å²) < 4.78 is 51.8. The highest BCUT2D eigenvalue weighted by Crippen LogP contribution is 2.34. The SMILES string of the molecule is COCc1ccc(Nc2cc(Nc3ccc(C)c(C(F)(F)F)n3)nc3[nH]n(C)c(=O)c23)c(OC)c1. The molecule has 184 valence electrons. The van der Waals surface area contributed by atoms with Crippen LogP contribution in [0.15, 0.2) is 41.2 Å². The van der Waals surface area contributed by atoms with E-state index in [1.54, 1.807) is 19.2 Å². The molecule has 12 heteroatoms. The van der Waals surface area contributed by atoms with E-state index >= 15 is 0 Å². The molecule has 0 aliphatic heterocycles. The van der Waals surface area contributed by atoms with Gasteiger partial charge in [-0.25, -0.2) is 9.97 Å². The fourth-order valence-corrected chi connectivity index (χ4v) is 3.64. The van der Waals surface area contributed by atoms with Crippen molar-refractivity contribution in [1.82, 2.24) is 19.7 Å². The van der Waals surface area contributed by atoms with Crippen molar-refractivity contribution < 1.29 is 22.6 Å². The molecule has 0 spiro atoms. The number of aromatic amines is 1. The fourth-order valence-electron chi connectivity index (χ4n) is 3.64. The van der Waals surface area contributed by atoms with Crippen LogP contribution in [0.3, 0.4) is 0 Å². The Balaban J connectivity index is 1.77. The van der Waals surface area contributed by atoms with Gasteiger partial charge in [0.2, 0.25) is 0 Å². The van der Waals surface area contributed by atoms with Crippen molar-refractivity contribution in [3.05, 3.63) is 63.6 Å². The zero-order chi connectivity index (χ0) is 25.3. The molecule has 4 aromatic rings. The minimum atomic E-state index is -4.60. The second kappa shape index (κ2) is 9.29. The van der Waals surface area contributed by atoms with Crippen LogP contribution >= 0.6 is 0 Å². The Morgan fingerprint density at radius 1 is 1.03 bits per heavy atom. The molecule has 0 atom stereocenters. The van der Waals surface area contributed by atoms with Crippen molar-refractivity contribution in [1.29, 1.82) is 0 Å². The first kappa shape index (κ1) is 24.1. The number of aromatic nitrogens is 4. The maximum Gasteiger partial charge on any atom is 0.433 e. The highest BCUT2D eigenvalue weighted by Gasteiger charge is 2.34. The van der Waals surface area contributed by atoms with Crippen LogP contribution in [0.25, 0.3) is 11.0 Å². The molecule has 35 heavy (non-hydrogen) atoms. The lowest BCUT2D eigenvalue weighted by Gasteiger charge is -2.15. The predicted molar refractivity (Wildman–Crippen MR) is 126 cm³/mol. The van der Waals surface area contributed by atoms with Crippen molar-refractivity contribution in [3.8, 4) is 5.75 Å². The molecule has 0 saturated carbocycles. The molecule has 0 fully saturated rings. The number of hydrogen-bond donors (Lipinski definition) is 3. The zero-order valence-electron chi connectivity index (χ0n) is 19.4. The number of fused-ring (bicyclic) bond motifs is 1. The highest BCUT2D eigenvalue weighted by molar-refractivity contribution is 5.93. The van der Waals surface area contributed by atoms with Gasteiger partial charge in [0, 0.05) is 20.2 Å². The first-order valence-corrected chi connectivity index (χ1v) is 10.4. The first-order valence-electron chi connectivity index (χ1n) is 10.4. The molecule has 1 aromatic carbocycles. The summed E-state index contributed by atoms with van der Waals surface area (Å²) in [4.78, 5) is 20.8. The van der Waals surface area contributed by atoms with Crippen LogP contribution in [0, 0.1) is 6.92 Å². The van der Waals surface area contributed by atoms with Gasteiger partial charge in [-0.15, -0.1) is 0 Å². The van der Waals surface area contributed by atoms with Crippen LogP contribution in [0.2, 0.25) is 0 Å². The maximum atomic E-state index is 13.3. The molecule has 9 nitrogen and oxygen atoms in total. The average molecular weight is 488 g/mol. The van der Waals surface area contributed by atoms with Gasteiger partial charge in [0.05, 0.1) is 25.1 Å². The first-order chi connectivity index (χ1) is 16.6. The predicted octanol–water partition coefficient (Wildman–Crippen LogP) is 4.63. The molecule has 0 aliphatic rings. The van der Waals surface area contributed by atoms with Gasteiger partial charge in [0.25, 0.3) is 5.56 Å². The topological polar surface area (TPSA) is 106 Å². The molecule has 4 rings (SSSR count). The monoisotopic (exact) mass is 488 g/mol. The molecule has 0 unspecified atom stereocenters. The Hall–Kier alpha value is -4.06. The summed E-state index contributed by atoms with van der Waals surface area (Å²) in [5.74, 6) is 0.656. The van der Waals surface area contributed by atoms with Gasteiger partial charge in [0.15, 0.2) is 5.65 Å². The van der Waals surface area contributed by atoms with Crippen LogP contribution in [0.4, 0.5) is 36.2 Å². The van der Waals surface area contributed by atoms with E-state index in [4.69, 9.17) is 9.47 Å². The van der Waals surface area contributed by atoms with E-state index in [2.05, 4.69) is 25.7 Å². The Morgan fingerprint density at radius 3 is 2.49 bits per heavy atom. The quantitative estimate of drug-likeness (QED) is 0.348. The van der Waals surface area contributed by atoms with Gasteiger partial charge in [-0.2, -0.15) is 13.2 Å². The number of aryl methyl sites for hydroxylation is 2. The normalized spacial score (nSPS) is 11.6. The van der Waals surface area contributed by atoms with Crippen LogP contribution in [0.5, 0.6) is 5.75 Å². The molecule has 3 heterocycles. The number of benzene rings is 1. The summed E-state index contributed by atoms with van der Waals surface area (Å²) in [5.41, 5.74) is 0.761. The molecule has 0 saturated heterocycles. The summed E-state index contributed by atoms with van der Waals surface area (Å²) in [5, 5.41) is 9.10. The van der Waals surface area contributed by atoms with Gasteiger partial charge in [-0.05, 0) is 36.2 Å². The second-order valence-electron chi connectivity index (χ2n) is 7.83. The van der Waals surface area contributed by atoms with Gasteiger partial charge in [0.1, 0.15) is 28.5 Å². The number of nitrogens with one attached hydrogen (secondary N) is 3. The minimum Gasteiger partial charge on any atom is -0.495 e. The summed E-state index contributed by atoms with van der Waals surface area (Å²) in [6, 6.07) is 9.70. The summed E-state index contributed by atoms with van der Waals surface area (Å²) >= 11 is 0. The summed E-state index contributed by atoms with van der Waals surface area (Å²) in [7, 11) is 4.64. The fraction of sp³-hybridized carbons (Fsp3) is 0.261. The molecule has 0 bridgehead atoms. The lowest BCUT2D eigenvalue weighted by molar-refractivity contribution is -0.141. The molecular weight excluding hydrogens is 465 g/mol. The van der Waals surface area contributed by atoms with Crippen LogP contribution < -0.4 is 20.9 Å². The number of rotatable bonds is 7. The molecule has 3 aromatic heterocycles. The van der Waals surface area contributed by atoms with Crippen LogP contribution in [-0.2, 0) is 24.6 Å². The van der Waals surface area contributed by atoms with E-state index in [1.807, 2.05) is 6.07 Å². The van der Waals surface area contributed by atoms with E-state index in [0.29, 0.717) is 23.7 Å². The standard InChI is InChI=1S/C23H23F3N6O3/c1-12-5-8-17(29-20(12)23(24,25)26)28-18-10-15(19-21(30-18)31-32(2)22(19)33)27-14-7-6-13(11-34-3)9-16(14)35-4/h5-10H,11H2,1-4H3,(H3,27,28,29,30,31). The number of alkyl halides is 3. The third kappa shape index (κ3) is 4.92. The Kier molecular flexibility index (Phi) is 6.39. The molecule has 0 radical (unpaired) electrons. The Morgan fingerprint density at radius 2 is 1.80 bits per heavy atom. The smallest absolute Gasteiger partial charge is 0.433 e. The Bertz CT molecular complexity index is 1450. The van der Waals surface area contributed by atoms with Gasteiger partial charge < -0.3 is 20.1 Å². The number of ether oxygens (including phenoxy) is 2. The van der Waals surface area contributed by atoms with Crippen LogP contribution in [0.1, 0.15) is 16.8 Å². The number of halogens is 3. The number of hydrogen-bond acceptors (Lipinski definition) is 7. The largest absolute Gasteiger partial charge is 0.495 e. The van der Waals surface area contributed by atoms with Crippen molar-refractivity contribution in [2.45, 2.75) is 19.7 Å². The third-order valence-electron chi connectivity index (χ3n) is 5.28. The number of anilines is 4. The molecular formula is C23H23F3N6O3. The van der Waals surface area contributed by atoms with E-state index in [-0.39, 0.29) is 33.8 Å². The van der Waals surface area contributed by atoms with Gasteiger partial charge in [-0.1, -0.05) is 12.1 Å². The maximum absolute atomic E-state index is 13.3. The number of methoxy groups -OCH3 is 2. The van der Waals surface area contributed by atoms with Crippen LogP contribution in [-0.4, -0.2) is 34.0 Å². The van der Waals surface area contributed by atoms with Crippen molar-refractivity contribution in [2.24, 2.45) is 7.05 Å². The van der Waals surface area contributed by atoms with Crippen molar-refractivity contribution >= 4 is 34.0 Å². The number of nitrogens with zero attached hydrogens (tertiary/aromatic N) is 3.